The third kappa shape index (κ3) is 4.57. The summed E-state index contributed by atoms with van der Waals surface area (Å²) < 4.78 is 6.28. The van der Waals surface area contributed by atoms with E-state index in [9.17, 15) is 0 Å². The third-order valence-electron chi connectivity index (χ3n) is 10.1. The van der Waals surface area contributed by atoms with Gasteiger partial charge in [0.15, 0.2) is 0 Å². The Hall–Kier alpha value is -6.38. The van der Waals surface area contributed by atoms with Gasteiger partial charge in [-0.3, -0.25) is 0 Å². The summed E-state index contributed by atoms with van der Waals surface area (Å²) in [6.07, 6.45) is 6.77. The first-order chi connectivity index (χ1) is 24.3. The fraction of sp³-hybridized carbons (Fsp3) is 0.0213. The van der Waals surface area contributed by atoms with Crippen LogP contribution in [0.2, 0.25) is 0 Å². The van der Waals surface area contributed by atoms with E-state index in [1.165, 1.54) is 71.3 Å². The zero-order valence-electron chi connectivity index (χ0n) is 26.7. The standard InChI is InChI=1S/C47H31NO/c1-2-10-30(11-3-1)31-18-20-32(21-19-31)46-37-14-6-8-16-39(37)47(40-17-9-7-15-38(40)46)36-22-24-43(48-29-36)35-23-25-44-41(27-35)42-26-33-12-4-5-13-34(33)28-45(42)49-44/h1-29,43,48H. The number of nitrogens with one attached hydrogen (secondary N) is 1. The summed E-state index contributed by atoms with van der Waals surface area (Å²) >= 11 is 0. The minimum atomic E-state index is 0.0542. The second-order valence-corrected chi connectivity index (χ2v) is 12.9. The zero-order valence-corrected chi connectivity index (χ0v) is 26.7. The Morgan fingerprint density at radius 2 is 1.00 bits per heavy atom. The van der Waals surface area contributed by atoms with E-state index in [1.807, 2.05) is 0 Å². The maximum Gasteiger partial charge on any atom is 0.136 e. The lowest BCUT2D eigenvalue weighted by Crippen LogP contribution is -2.16. The first kappa shape index (κ1) is 27.7. The van der Waals surface area contributed by atoms with Crippen molar-refractivity contribution >= 4 is 59.8 Å². The molecule has 1 unspecified atom stereocenters. The van der Waals surface area contributed by atoms with Crippen LogP contribution >= 0.6 is 0 Å². The van der Waals surface area contributed by atoms with Crippen molar-refractivity contribution in [2.45, 2.75) is 6.04 Å². The predicted octanol–water partition coefficient (Wildman–Crippen LogP) is 12.6. The minimum Gasteiger partial charge on any atom is -0.456 e. The SMILES string of the molecule is C1=CC(c2ccc3oc4cc5ccccc5cc4c3c2)NC=C1c1c2ccccc2c(-c2ccc(-c3ccccc3)cc2)c2ccccc12. The molecule has 49 heavy (non-hydrogen) atoms. The van der Waals surface area contributed by atoms with Crippen LogP contribution in [-0.2, 0) is 0 Å². The highest BCUT2D eigenvalue weighted by Crippen LogP contribution is 2.43. The molecule has 0 saturated carbocycles. The second kappa shape index (κ2) is 11.1. The molecule has 10 rings (SSSR count). The van der Waals surface area contributed by atoms with Gasteiger partial charge < -0.3 is 9.73 Å². The molecule has 1 atom stereocenters. The van der Waals surface area contributed by atoms with E-state index in [0.717, 1.165) is 21.9 Å². The molecular weight excluding hydrogens is 595 g/mol. The molecule has 2 heterocycles. The second-order valence-electron chi connectivity index (χ2n) is 12.9. The van der Waals surface area contributed by atoms with Crippen LogP contribution in [0.5, 0.6) is 0 Å². The Bertz CT molecular complexity index is 2730. The zero-order chi connectivity index (χ0) is 32.3. The Labute approximate surface area is 284 Å². The van der Waals surface area contributed by atoms with Crippen molar-refractivity contribution in [3.05, 3.63) is 187 Å². The third-order valence-corrected chi connectivity index (χ3v) is 10.1. The highest BCUT2D eigenvalue weighted by atomic mass is 16.3. The molecule has 0 aliphatic carbocycles. The van der Waals surface area contributed by atoms with Crippen LogP contribution < -0.4 is 5.32 Å². The predicted molar refractivity (Wildman–Crippen MR) is 207 cm³/mol. The van der Waals surface area contributed by atoms with E-state index in [4.69, 9.17) is 4.42 Å². The quantitative estimate of drug-likeness (QED) is 0.197. The van der Waals surface area contributed by atoms with Gasteiger partial charge in [0.25, 0.3) is 0 Å². The normalized spacial score (nSPS) is 14.5. The molecule has 0 spiro atoms. The fourth-order valence-electron chi connectivity index (χ4n) is 7.73. The molecule has 1 aliphatic rings. The molecule has 2 nitrogen and oxygen atoms in total. The van der Waals surface area contributed by atoms with Crippen LogP contribution in [0.25, 0.3) is 82.1 Å². The smallest absolute Gasteiger partial charge is 0.136 e. The summed E-state index contributed by atoms with van der Waals surface area (Å²) in [5.74, 6) is 0. The van der Waals surface area contributed by atoms with Crippen molar-refractivity contribution in [2.75, 3.05) is 0 Å². The first-order valence-corrected chi connectivity index (χ1v) is 16.9. The lowest BCUT2D eigenvalue weighted by Gasteiger charge is -2.22. The molecule has 2 heteroatoms. The van der Waals surface area contributed by atoms with Crippen LogP contribution in [0.15, 0.2) is 180 Å². The van der Waals surface area contributed by atoms with Gasteiger partial charge in [-0.25, -0.2) is 0 Å². The van der Waals surface area contributed by atoms with Crippen molar-refractivity contribution < 1.29 is 4.42 Å². The van der Waals surface area contributed by atoms with Gasteiger partial charge in [-0.05, 0) is 95.5 Å². The number of rotatable bonds is 4. The van der Waals surface area contributed by atoms with E-state index in [-0.39, 0.29) is 6.04 Å². The van der Waals surface area contributed by atoms with Crippen molar-refractivity contribution in [3.63, 3.8) is 0 Å². The van der Waals surface area contributed by atoms with Crippen LogP contribution in [0.4, 0.5) is 0 Å². The van der Waals surface area contributed by atoms with Crippen LogP contribution in [0, 0.1) is 0 Å². The summed E-state index contributed by atoms with van der Waals surface area (Å²) in [6.45, 7) is 0. The minimum absolute atomic E-state index is 0.0542. The molecule has 8 aromatic carbocycles. The Morgan fingerprint density at radius 1 is 0.429 bits per heavy atom. The molecule has 0 bridgehead atoms. The number of hydrogen-bond donors (Lipinski definition) is 1. The molecule has 0 amide bonds. The number of hydrogen-bond acceptors (Lipinski definition) is 2. The average molecular weight is 626 g/mol. The van der Waals surface area contributed by atoms with Crippen LogP contribution in [-0.4, -0.2) is 0 Å². The Balaban J connectivity index is 1.05. The van der Waals surface area contributed by atoms with Gasteiger partial charge in [0.2, 0.25) is 0 Å². The Kier molecular flexibility index (Phi) is 6.28. The van der Waals surface area contributed by atoms with E-state index >= 15 is 0 Å². The molecule has 9 aromatic rings. The van der Waals surface area contributed by atoms with Crippen molar-refractivity contribution in [1.82, 2.24) is 5.32 Å². The number of furan rings is 1. The van der Waals surface area contributed by atoms with E-state index < -0.39 is 0 Å². The monoisotopic (exact) mass is 625 g/mol. The number of dihydropyridines is 1. The van der Waals surface area contributed by atoms with Gasteiger partial charge in [0.05, 0.1) is 6.04 Å². The van der Waals surface area contributed by atoms with Gasteiger partial charge in [-0.1, -0.05) is 146 Å². The molecule has 230 valence electrons. The number of fused-ring (bicyclic) bond motifs is 6. The maximum absolute atomic E-state index is 6.28. The van der Waals surface area contributed by atoms with Crippen LogP contribution in [0.3, 0.4) is 0 Å². The molecular formula is C47H31NO. The van der Waals surface area contributed by atoms with Gasteiger partial charge in [0.1, 0.15) is 11.2 Å². The van der Waals surface area contributed by atoms with Crippen molar-refractivity contribution in [3.8, 4) is 22.3 Å². The van der Waals surface area contributed by atoms with Crippen molar-refractivity contribution in [2.24, 2.45) is 0 Å². The maximum atomic E-state index is 6.28. The molecule has 1 N–H and O–H groups in total. The molecule has 1 aliphatic heterocycles. The molecule has 0 saturated heterocycles. The topological polar surface area (TPSA) is 25.2 Å². The summed E-state index contributed by atoms with van der Waals surface area (Å²) in [6, 6.07) is 56.7. The summed E-state index contributed by atoms with van der Waals surface area (Å²) in [5, 5.41) is 13.5. The lowest BCUT2D eigenvalue weighted by molar-refractivity contribution is 0.668. The number of allylic oxidation sites excluding steroid dienone is 2. The van der Waals surface area contributed by atoms with E-state index in [1.54, 1.807) is 0 Å². The Morgan fingerprint density at radius 3 is 1.67 bits per heavy atom. The fourth-order valence-corrected chi connectivity index (χ4v) is 7.73. The lowest BCUT2D eigenvalue weighted by atomic mass is 9.85. The van der Waals surface area contributed by atoms with E-state index in [2.05, 4.69) is 181 Å². The first-order valence-electron chi connectivity index (χ1n) is 16.9. The van der Waals surface area contributed by atoms with Crippen molar-refractivity contribution in [1.29, 1.82) is 0 Å². The van der Waals surface area contributed by atoms with E-state index in [0.29, 0.717) is 0 Å². The van der Waals surface area contributed by atoms with Crippen LogP contribution in [0.1, 0.15) is 17.2 Å². The van der Waals surface area contributed by atoms with Gasteiger partial charge in [-0.15, -0.1) is 0 Å². The molecule has 0 radical (unpaired) electrons. The molecule has 0 fully saturated rings. The average Bonchev–Trinajstić information content (AvgIpc) is 3.53. The van der Waals surface area contributed by atoms with Gasteiger partial charge in [-0.2, -0.15) is 0 Å². The highest BCUT2D eigenvalue weighted by molar-refractivity contribution is 6.19. The summed E-state index contributed by atoms with van der Waals surface area (Å²) in [4.78, 5) is 0. The number of benzene rings is 8. The van der Waals surface area contributed by atoms with Gasteiger partial charge in [0, 0.05) is 17.0 Å². The van der Waals surface area contributed by atoms with Gasteiger partial charge >= 0.3 is 0 Å². The molecule has 1 aromatic heterocycles. The summed E-state index contributed by atoms with van der Waals surface area (Å²) in [5.41, 5.74) is 10.4. The largest absolute Gasteiger partial charge is 0.456 e. The summed E-state index contributed by atoms with van der Waals surface area (Å²) in [7, 11) is 0. The highest BCUT2D eigenvalue weighted by Gasteiger charge is 2.20.